The van der Waals surface area contributed by atoms with E-state index in [1.807, 2.05) is 18.2 Å². The highest BCUT2D eigenvalue weighted by atomic mass is 35.5. The number of fused-ring (bicyclic) bond motifs is 3. The fourth-order valence-electron chi connectivity index (χ4n) is 3.70. The van der Waals surface area contributed by atoms with Crippen molar-refractivity contribution in [2.24, 2.45) is 0 Å². The van der Waals surface area contributed by atoms with E-state index in [2.05, 4.69) is 22.6 Å². The van der Waals surface area contributed by atoms with Crippen molar-refractivity contribution in [3.05, 3.63) is 62.1 Å². The summed E-state index contributed by atoms with van der Waals surface area (Å²) in [6, 6.07) is 9.09. The number of nitrogens with one attached hydrogen (secondary N) is 2. The maximum Gasteiger partial charge on any atom is 0.256 e. The topological polar surface area (TPSA) is 57.5 Å². The van der Waals surface area contributed by atoms with Crippen LogP contribution in [0.5, 0.6) is 0 Å². The first-order valence-electron chi connectivity index (χ1n) is 8.95. The quantitative estimate of drug-likeness (QED) is 0.585. The lowest BCUT2D eigenvalue weighted by Crippen LogP contribution is -2.38. The van der Waals surface area contributed by atoms with Crippen LogP contribution in [0.3, 0.4) is 0 Å². The summed E-state index contributed by atoms with van der Waals surface area (Å²) < 4.78 is 6.00. The van der Waals surface area contributed by atoms with Gasteiger partial charge >= 0.3 is 0 Å². The summed E-state index contributed by atoms with van der Waals surface area (Å²) in [6.45, 7) is 1.85. The molecule has 0 bridgehead atoms. The number of hydrogen-bond donors (Lipinski definition) is 2. The van der Waals surface area contributed by atoms with Gasteiger partial charge in [0, 0.05) is 23.5 Å². The van der Waals surface area contributed by atoms with Crippen LogP contribution in [0, 0.1) is 0 Å². The summed E-state index contributed by atoms with van der Waals surface area (Å²) in [7, 11) is 2.10. The number of halogens is 2. The third-order valence-electron chi connectivity index (χ3n) is 5.14. The van der Waals surface area contributed by atoms with Crippen LogP contribution in [0.15, 0.2) is 34.7 Å². The van der Waals surface area contributed by atoms with Gasteiger partial charge in [-0.05, 0) is 49.4 Å². The Morgan fingerprint density at radius 1 is 1.18 bits per heavy atom. The lowest BCUT2D eigenvalue weighted by Gasteiger charge is -2.26. The monoisotopic (exact) mass is 433 g/mol. The molecule has 5 rings (SSSR count). The van der Waals surface area contributed by atoms with Gasteiger partial charge in [-0.1, -0.05) is 23.2 Å². The van der Waals surface area contributed by atoms with Gasteiger partial charge in [0.15, 0.2) is 6.17 Å². The number of hydrogen-bond acceptors (Lipinski definition) is 5. The first-order valence-corrected chi connectivity index (χ1v) is 10.5. The van der Waals surface area contributed by atoms with E-state index in [1.165, 1.54) is 10.4 Å². The molecular weight excluding hydrogens is 417 g/mol. The molecule has 0 saturated heterocycles. The van der Waals surface area contributed by atoms with E-state index in [-0.39, 0.29) is 5.91 Å². The first kappa shape index (κ1) is 18.1. The van der Waals surface area contributed by atoms with E-state index in [1.54, 1.807) is 23.5 Å². The Balaban J connectivity index is 1.44. The maximum atomic E-state index is 12.8. The van der Waals surface area contributed by atoms with Crippen LogP contribution in [0.25, 0.3) is 11.3 Å². The van der Waals surface area contributed by atoms with E-state index in [9.17, 15) is 4.79 Å². The van der Waals surface area contributed by atoms with E-state index in [4.69, 9.17) is 27.6 Å². The highest BCUT2D eigenvalue weighted by Gasteiger charge is 2.33. The van der Waals surface area contributed by atoms with Crippen molar-refractivity contribution in [2.45, 2.75) is 19.1 Å². The van der Waals surface area contributed by atoms with E-state index >= 15 is 0 Å². The SMILES string of the molecule is CN1CCc2c(sc3c2C(=O)N[C@H](c2ccc(-c4ccc(Cl)c(Cl)c4)o2)N3)C1. The molecule has 1 amide bonds. The minimum Gasteiger partial charge on any atom is -0.457 e. The molecule has 8 heteroatoms. The summed E-state index contributed by atoms with van der Waals surface area (Å²) in [6.07, 6.45) is 0.494. The largest absolute Gasteiger partial charge is 0.457 e. The van der Waals surface area contributed by atoms with Crippen molar-refractivity contribution in [3.63, 3.8) is 0 Å². The van der Waals surface area contributed by atoms with Crippen LogP contribution < -0.4 is 10.6 Å². The van der Waals surface area contributed by atoms with Crippen LogP contribution in [-0.2, 0) is 13.0 Å². The molecule has 2 aromatic heterocycles. The van der Waals surface area contributed by atoms with Gasteiger partial charge in [0.25, 0.3) is 5.91 Å². The van der Waals surface area contributed by atoms with Crippen LogP contribution in [0.1, 0.15) is 32.7 Å². The maximum absolute atomic E-state index is 12.8. The number of likely N-dealkylation sites (N-methyl/N-ethyl adjacent to an activating group) is 1. The highest BCUT2D eigenvalue weighted by molar-refractivity contribution is 7.16. The first-order chi connectivity index (χ1) is 13.5. The standard InChI is InChI=1S/C20H17Cl2N3O2S/c1-25-7-6-11-16(9-25)28-20-17(11)19(26)23-18(24-20)15-5-4-14(27-15)10-2-3-12(21)13(22)8-10/h2-5,8,18,24H,6-7,9H2,1H3,(H,23,26)/t18-/m0/s1. The molecule has 0 spiro atoms. The number of amides is 1. The van der Waals surface area contributed by atoms with Crippen LogP contribution in [0.2, 0.25) is 10.0 Å². The van der Waals surface area contributed by atoms with E-state index < -0.39 is 6.17 Å². The molecule has 4 heterocycles. The Labute approximate surface area is 176 Å². The Bertz CT molecular complexity index is 1090. The summed E-state index contributed by atoms with van der Waals surface area (Å²) >= 11 is 13.8. The molecule has 5 nitrogen and oxygen atoms in total. The Kier molecular flexibility index (Phi) is 4.39. The summed E-state index contributed by atoms with van der Waals surface area (Å²) in [4.78, 5) is 16.3. The summed E-state index contributed by atoms with van der Waals surface area (Å²) in [5.41, 5.74) is 2.80. The molecule has 2 aliphatic heterocycles. The lowest BCUT2D eigenvalue weighted by atomic mass is 10.0. The van der Waals surface area contributed by atoms with Gasteiger partial charge in [-0.3, -0.25) is 4.79 Å². The number of carbonyl (C=O) groups excluding carboxylic acids is 1. The molecule has 0 unspecified atom stereocenters. The van der Waals surface area contributed by atoms with Crippen molar-refractivity contribution < 1.29 is 9.21 Å². The zero-order valence-electron chi connectivity index (χ0n) is 15.0. The minimum absolute atomic E-state index is 0.0479. The molecule has 2 N–H and O–H groups in total. The average molecular weight is 434 g/mol. The van der Waals surface area contributed by atoms with Crippen molar-refractivity contribution in [3.8, 4) is 11.3 Å². The van der Waals surface area contributed by atoms with Gasteiger partial charge in [-0.15, -0.1) is 11.3 Å². The van der Waals surface area contributed by atoms with Gasteiger partial charge in [0.2, 0.25) is 0 Å². The molecule has 0 aliphatic carbocycles. The summed E-state index contributed by atoms with van der Waals surface area (Å²) in [5, 5.41) is 8.34. The Morgan fingerprint density at radius 2 is 2.04 bits per heavy atom. The van der Waals surface area contributed by atoms with Gasteiger partial charge < -0.3 is 20.0 Å². The number of carbonyl (C=O) groups is 1. The number of anilines is 1. The smallest absolute Gasteiger partial charge is 0.256 e. The lowest BCUT2D eigenvalue weighted by molar-refractivity contribution is 0.0930. The second kappa shape index (κ2) is 6.81. The molecule has 1 aromatic carbocycles. The van der Waals surface area contributed by atoms with Gasteiger partial charge in [-0.2, -0.15) is 0 Å². The van der Waals surface area contributed by atoms with Crippen molar-refractivity contribution in [1.82, 2.24) is 10.2 Å². The number of nitrogens with zero attached hydrogens (tertiary/aromatic N) is 1. The zero-order chi connectivity index (χ0) is 19.4. The van der Waals surface area contributed by atoms with Gasteiger partial charge in [0.1, 0.15) is 16.5 Å². The molecule has 144 valence electrons. The highest BCUT2D eigenvalue weighted by Crippen LogP contribution is 2.41. The number of thiophene rings is 1. The molecule has 1 atom stereocenters. The Hall–Kier alpha value is -1.99. The van der Waals surface area contributed by atoms with Crippen molar-refractivity contribution >= 4 is 45.4 Å². The zero-order valence-corrected chi connectivity index (χ0v) is 17.3. The van der Waals surface area contributed by atoms with Gasteiger partial charge in [0.05, 0.1) is 15.6 Å². The minimum atomic E-state index is -0.408. The molecule has 3 aromatic rings. The molecule has 0 fully saturated rings. The molecular formula is C20H17Cl2N3O2S. The van der Waals surface area contributed by atoms with Crippen LogP contribution in [-0.4, -0.2) is 24.4 Å². The van der Waals surface area contributed by atoms with Crippen LogP contribution in [0.4, 0.5) is 5.00 Å². The number of furan rings is 1. The van der Waals surface area contributed by atoms with Crippen LogP contribution >= 0.6 is 34.5 Å². The van der Waals surface area contributed by atoms with E-state index in [0.29, 0.717) is 21.6 Å². The van der Waals surface area contributed by atoms with E-state index in [0.717, 1.165) is 35.6 Å². The second-order valence-electron chi connectivity index (χ2n) is 7.08. The fourth-order valence-corrected chi connectivity index (χ4v) is 5.35. The third-order valence-corrected chi connectivity index (χ3v) is 7.03. The van der Waals surface area contributed by atoms with Crippen molar-refractivity contribution in [2.75, 3.05) is 18.9 Å². The molecule has 0 radical (unpaired) electrons. The van der Waals surface area contributed by atoms with Gasteiger partial charge in [-0.25, -0.2) is 0 Å². The molecule has 0 saturated carbocycles. The van der Waals surface area contributed by atoms with Crippen molar-refractivity contribution in [1.29, 1.82) is 0 Å². The number of benzene rings is 1. The predicted octanol–water partition coefficient (Wildman–Crippen LogP) is 5.16. The summed E-state index contributed by atoms with van der Waals surface area (Å²) in [5.74, 6) is 1.26. The fraction of sp³-hybridized carbons (Fsp3) is 0.250. The Morgan fingerprint density at radius 3 is 2.86 bits per heavy atom. The normalized spacial score (nSPS) is 19.0. The predicted molar refractivity (Wildman–Crippen MR) is 112 cm³/mol. The second-order valence-corrected chi connectivity index (χ2v) is 9.00. The average Bonchev–Trinajstić information content (AvgIpc) is 3.28. The number of rotatable bonds is 2. The molecule has 2 aliphatic rings. The molecule has 28 heavy (non-hydrogen) atoms. The third kappa shape index (κ3) is 3.01.